The number of alkyl halides is 3. The Bertz CT molecular complexity index is 573. The molecule has 4 nitrogen and oxygen atoms in total. The number of likely N-dealkylation sites (tertiary alicyclic amines) is 1. The second kappa shape index (κ2) is 5.25. The van der Waals surface area contributed by atoms with Gasteiger partial charge in [0.1, 0.15) is 0 Å². The summed E-state index contributed by atoms with van der Waals surface area (Å²) in [6, 6.07) is 2.61. The van der Waals surface area contributed by atoms with Gasteiger partial charge in [-0.15, -0.1) is 0 Å². The van der Waals surface area contributed by atoms with Crippen LogP contribution < -0.4 is 0 Å². The Morgan fingerprint density at radius 3 is 2.45 bits per heavy atom. The molecular weight excluding hydrogens is 319 g/mol. The molecule has 20 heavy (non-hydrogen) atoms. The average Bonchev–Trinajstić information content (AvgIpc) is 2.24. The number of benzene rings is 1. The molecule has 1 aromatic rings. The number of halogens is 4. The van der Waals surface area contributed by atoms with Crippen LogP contribution in [0.2, 0.25) is 5.02 Å². The Hall–Kier alpha value is -1.28. The van der Waals surface area contributed by atoms with Crippen molar-refractivity contribution in [3.63, 3.8) is 0 Å². The first-order valence-corrected chi connectivity index (χ1v) is 7.04. The first-order chi connectivity index (χ1) is 9.20. The van der Waals surface area contributed by atoms with Gasteiger partial charge in [0.2, 0.25) is 0 Å². The van der Waals surface area contributed by atoms with Crippen LogP contribution in [0.3, 0.4) is 0 Å². The minimum absolute atomic E-state index is 0.0826. The molecule has 1 heterocycles. The molecule has 1 aliphatic heterocycles. The number of amides is 1. The van der Waals surface area contributed by atoms with Crippen molar-refractivity contribution in [2.45, 2.75) is 16.3 Å². The second-order valence-electron chi connectivity index (χ2n) is 4.25. The number of hydrogen-bond acceptors (Lipinski definition) is 2. The lowest BCUT2D eigenvalue weighted by molar-refractivity contribution is -0.137. The second-order valence-corrected chi connectivity index (χ2v) is 6.36. The average molecular weight is 328 g/mol. The summed E-state index contributed by atoms with van der Waals surface area (Å²) in [7, 11) is -1.63. The van der Waals surface area contributed by atoms with Crippen molar-refractivity contribution >= 4 is 28.5 Å². The van der Waals surface area contributed by atoms with E-state index in [-0.39, 0.29) is 23.0 Å². The lowest BCUT2D eigenvalue weighted by Gasteiger charge is -2.36. The first kappa shape index (κ1) is 15.1. The molecule has 0 bridgehead atoms. The lowest BCUT2D eigenvalue weighted by Crippen LogP contribution is -2.54. The smallest absolute Gasteiger partial charge is 0.416 e. The highest BCUT2D eigenvalue weighted by atomic mass is 35.5. The van der Waals surface area contributed by atoms with E-state index in [4.69, 9.17) is 16.7 Å². The molecule has 1 atom stereocenters. The normalized spacial score (nSPS) is 17.7. The molecule has 1 N–H and O–H groups in total. The molecule has 1 saturated heterocycles. The number of carboxylic acid groups (broad SMARTS) is 1. The summed E-state index contributed by atoms with van der Waals surface area (Å²) in [4.78, 5) is 11.7. The van der Waals surface area contributed by atoms with E-state index in [1.54, 1.807) is 0 Å². The first-order valence-electron chi connectivity index (χ1n) is 5.45. The van der Waals surface area contributed by atoms with Gasteiger partial charge in [-0.2, -0.15) is 13.2 Å². The van der Waals surface area contributed by atoms with Gasteiger partial charge in [0, 0.05) is 13.1 Å². The highest BCUT2D eigenvalue weighted by Gasteiger charge is 2.37. The maximum Gasteiger partial charge on any atom is 0.416 e. The monoisotopic (exact) mass is 327 g/mol. The maximum atomic E-state index is 12.5. The zero-order valence-electron chi connectivity index (χ0n) is 9.85. The molecular formula is C11H9ClF3NO3S. The van der Waals surface area contributed by atoms with E-state index in [0.29, 0.717) is 0 Å². The quantitative estimate of drug-likeness (QED) is 0.908. The number of carbonyl (C=O) groups is 1. The van der Waals surface area contributed by atoms with E-state index in [0.717, 1.165) is 23.1 Å². The molecule has 0 aromatic heterocycles. The number of rotatable bonds is 2. The molecule has 0 spiro atoms. The van der Waals surface area contributed by atoms with Crippen LogP contribution in [0.15, 0.2) is 23.1 Å². The van der Waals surface area contributed by atoms with Crippen LogP contribution in [0.25, 0.3) is 0 Å². The fourth-order valence-electron chi connectivity index (χ4n) is 1.75. The Balaban J connectivity index is 2.14. The van der Waals surface area contributed by atoms with E-state index in [1.807, 2.05) is 0 Å². The van der Waals surface area contributed by atoms with Crippen LogP contribution in [-0.4, -0.2) is 38.6 Å². The summed E-state index contributed by atoms with van der Waals surface area (Å²) in [6.07, 6.45) is -5.63. The van der Waals surface area contributed by atoms with E-state index < -0.39 is 33.9 Å². The third-order valence-electron chi connectivity index (χ3n) is 2.90. The van der Waals surface area contributed by atoms with Gasteiger partial charge >= 0.3 is 12.3 Å². The molecule has 1 amide bonds. The van der Waals surface area contributed by atoms with Gasteiger partial charge in [0.15, 0.2) is 0 Å². The minimum atomic E-state index is -4.51. The van der Waals surface area contributed by atoms with Gasteiger partial charge in [-0.1, -0.05) is 11.6 Å². The van der Waals surface area contributed by atoms with Crippen molar-refractivity contribution in [1.29, 1.82) is 0 Å². The molecule has 1 aliphatic rings. The van der Waals surface area contributed by atoms with Gasteiger partial charge in [0.05, 0.1) is 31.5 Å². The summed E-state index contributed by atoms with van der Waals surface area (Å²) in [6.45, 7) is 0.165. The Morgan fingerprint density at radius 2 is 2.00 bits per heavy atom. The predicted octanol–water partition coefficient (Wildman–Crippen LogP) is 2.83. The Labute approximate surface area is 119 Å². The Kier molecular flexibility index (Phi) is 3.97. The highest BCUT2D eigenvalue weighted by Crippen LogP contribution is 2.34. The molecule has 9 heteroatoms. The zero-order valence-corrected chi connectivity index (χ0v) is 11.4. The van der Waals surface area contributed by atoms with Gasteiger partial charge in [-0.05, 0) is 18.2 Å². The molecule has 0 radical (unpaired) electrons. The van der Waals surface area contributed by atoms with Crippen molar-refractivity contribution in [3.8, 4) is 0 Å². The molecule has 1 unspecified atom stereocenters. The summed E-state index contributed by atoms with van der Waals surface area (Å²) in [5.74, 6) is 0. The SMILES string of the molecule is O=C(O)N1CC(S(=O)c2ccc(C(F)(F)F)cc2Cl)C1. The molecule has 0 aliphatic carbocycles. The van der Waals surface area contributed by atoms with Crippen LogP contribution in [0.5, 0.6) is 0 Å². The van der Waals surface area contributed by atoms with Crippen LogP contribution in [0.1, 0.15) is 5.56 Å². The zero-order chi connectivity index (χ0) is 15.1. The van der Waals surface area contributed by atoms with Crippen LogP contribution in [0.4, 0.5) is 18.0 Å². The van der Waals surface area contributed by atoms with E-state index >= 15 is 0 Å². The topological polar surface area (TPSA) is 57.6 Å². The molecule has 1 fully saturated rings. The maximum absolute atomic E-state index is 12.5. The van der Waals surface area contributed by atoms with Gasteiger partial charge in [0.25, 0.3) is 0 Å². The molecule has 0 saturated carbocycles. The predicted molar refractivity (Wildman–Crippen MR) is 66.2 cm³/mol. The van der Waals surface area contributed by atoms with E-state index in [1.165, 1.54) is 0 Å². The fraction of sp³-hybridized carbons (Fsp3) is 0.364. The molecule has 1 aromatic carbocycles. The summed E-state index contributed by atoms with van der Waals surface area (Å²) >= 11 is 5.73. The lowest BCUT2D eigenvalue weighted by atomic mass is 10.2. The summed E-state index contributed by atoms with van der Waals surface area (Å²) in [5.41, 5.74) is -0.913. The number of hydrogen-bond donors (Lipinski definition) is 1. The summed E-state index contributed by atoms with van der Waals surface area (Å²) in [5, 5.41) is 7.99. The standard InChI is InChI=1S/C11H9ClF3NO3S/c12-8-3-6(11(13,14)15)1-2-9(8)20(19)7-4-16(5-7)10(17)18/h1-3,7H,4-5H2,(H,17,18). The summed E-state index contributed by atoms with van der Waals surface area (Å²) < 4.78 is 49.5. The van der Waals surface area contributed by atoms with Crippen LogP contribution >= 0.6 is 11.6 Å². The van der Waals surface area contributed by atoms with Crippen LogP contribution in [0, 0.1) is 0 Å². The van der Waals surface area contributed by atoms with Gasteiger partial charge in [-0.25, -0.2) is 4.79 Å². The van der Waals surface area contributed by atoms with E-state index in [9.17, 15) is 22.2 Å². The van der Waals surface area contributed by atoms with Crippen molar-refractivity contribution in [2.24, 2.45) is 0 Å². The van der Waals surface area contributed by atoms with Crippen molar-refractivity contribution in [1.82, 2.24) is 4.90 Å². The third kappa shape index (κ3) is 2.90. The van der Waals surface area contributed by atoms with Crippen molar-refractivity contribution < 1.29 is 27.3 Å². The van der Waals surface area contributed by atoms with E-state index in [2.05, 4.69) is 0 Å². The Morgan fingerprint density at radius 1 is 1.40 bits per heavy atom. The highest BCUT2D eigenvalue weighted by molar-refractivity contribution is 7.86. The third-order valence-corrected chi connectivity index (χ3v) is 5.02. The minimum Gasteiger partial charge on any atom is -0.465 e. The largest absolute Gasteiger partial charge is 0.465 e. The molecule has 2 rings (SSSR count). The van der Waals surface area contributed by atoms with Crippen molar-refractivity contribution in [3.05, 3.63) is 28.8 Å². The molecule has 110 valence electrons. The van der Waals surface area contributed by atoms with Gasteiger partial charge < -0.3 is 10.0 Å². The number of nitrogens with zero attached hydrogens (tertiary/aromatic N) is 1. The van der Waals surface area contributed by atoms with Crippen LogP contribution in [-0.2, 0) is 17.0 Å². The van der Waals surface area contributed by atoms with Crippen molar-refractivity contribution in [2.75, 3.05) is 13.1 Å². The van der Waals surface area contributed by atoms with Gasteiger partial charge in [-0.3, -0.25) is 4.21 Å². The fourth-order valence-corrected chi connectivity index (χ4v) is 3.60.